The lowest BCUT2D eigenvalue weighted by molar-refractivity contribution is -0.215. The van der Waals surface area contributed by atoms with Crippen molar-refractivity contribution in [3.05, 3.63) is 24.0 Å². The SMILES string of the molecule is C=C1[C@@H](OCOC)CC[C@]2(C)[C@@H]1C[C@H]1C(O[Si](C)(C)C)=CC[C@@H]([C@@H](O)[C@@H]2OCOCC[Si](C)(C)C)C1(C)C. The van der Waals surface area contributed by atoms with Crippen LogP contribution in [-0.2, 0) is 23.4 Å². The minimum atomic E-state index is -1.80. The minimum Gasteiger partial charge on any atom is -0.547 e. The van der Waals surface area contributed by atoms with Crippen molar-refractivity contribution >= 4 is 16.4 Å². The van der Waals surface area contributed by atoms with Gasteiger partial charge in [0.05, 0.1) is 24.1 Å². The zero-order valence-electron chi connectivity index (χ0n) is 25.9. The van der Waals surface area contributed by atoms with Crippen molar-refractivity contribution in [2.24, 2.45) is 28.6 Å². The van der Waals surface area contributed by atoms with Crippen molar-refractivity contribution in [3.63, 3.8) is 0 Å². The molecule has 0 aromatic heterocycles. The zero-order valence-corrected chi connectivity index (χ0v) is 27.9. The fraction of sp³-hybridized carbons (Fsp3) is 0.867. The number of hydrogen-bond donors (Lipinski definition) is 1. The van der Waals surface area contributed by atoms with Crippen molar-refractivity contribution in [1.82, 2.24) is 0 Å². The Morgan fingerprint density at radius 3 is 2.32 bits per heavy atom. The molecule has 7 atom stereocenters. The molecule has 0 unspecified atom stereocenters. The lowest BCUT2D eigenvalue weighted by Crippen LogP contribution is -2.60. The first-order valence-electron chi connectivity index (χ1n) is 14.6. The van der Waals surface area contributed by atoms with E-state index in [1.165, 1.54) is 0 Å². The Morgan fingerprint density at radius 2 is 1.71 bits per heavy atom. The van der Waals surface area contributed by atoms with Crippen molar-refractivity contribution in [3.8, 4) is 0 Å². The fourth-order valence-electron chi connectivity index (χ4n) is 7.02. The minimum absolute atomic E-state index is 0.0638. The first-order valence-corrected chi connectivity index (χ1v) is 21.7. The van der Waals surface area contributed by atoms with Crippen LogP contribution in [0.4, 0.5) is 0 Å². The van der Waals surface area contributed by atoms with Crippen molar-refractivity contribution in [1.29, 1.82) is 0 Å². The number of hydrogen-bond acceptors (Lipinski definition) is 6. The number of methoxy groups -OCH3 is 1. The van der Waals surface area contributed by atoms with Gasteiger partial charge in [-0.3, -0.25) is 0 Å². The molecule has 6 nitrogen and oxygen atoms in total. The number of rotatable bonds is 11. The summed E-state index contributed by atoms with van der Waals surface area (Å²) < 4.78 is 30.6. The normalized spacial score (nSPS) is 35.7. The highest BCUT2D eigenvalue weighted by Crippen LogP contribution is 2.60. The smallest absolute Gasteiger partial charge is 0.241 e. The van der Waals surface area contributed by atoms with Crippen LogP contribution >= 0.6 is 0 Å². The maximum Gasteiger partial charge on any atom is 0.241 e. The summed E-state index contributed by atoms with van der Waals surface area (Å²) in [5.74, 6) is 1.49. The van der Waals surface area contributed by atoms with E-state index < -0.39 is 22.5 Å². The van der Waals surface area contributed by atoms with Crippen LogP contribution in [0.2, 0.25) is 45.3 Å². The second kappa shape index (κ2) is 12.2. The van der Waals surface area contributed by atoms with Gasteiger partial charge in [0.1, 0.15) is 13.6 Å². The molecule has 220 valence electrons. The Labute approximate surface area is 234 Å². The van der Waals surface area contributed by atoms with Gasteiger partial charge in [-0.1, -0.05) is 47.0 Å². The van der Waals surface area contributed by atoms with Crippen LogP contribution in [0, 0.1) is 28.6 Å². The highest BCUT2D eigenvalue weighted by Gasteiger charge is 2.59. The summed E-state index contributed by atoms with van der Waals surface area (Å²) in [6.45, 7) is 26.5. The summed E-state index contributed by atoms with van der Waals surface area (Å²) in [6, 6.07) is 1.10. The van der Waals surface area contributed by atoms with E-state index in [0.29, 0.717) is 6.61 Å². The van der Waals surface area contributed by atoms with E-state index in [2.05, 4.69) is 72.7 Å². The summed E-state index contributed by atoms with van der Waals surface area (Å²) in [7, 11) is -1.34. The Hall–Kier alpha value is -0.486. The van der Waals surface area contributed by atoms with Crippen LogP contribution in [0.15, 0.2) is 24.0 Å². The molecule has 2 bridgehead atoms. The van der Waals surface area contributed by atoms with E-state index in [4.69, 9.17) is 23.4 Å². The zero-order chi connectivity index (χ0) is 28.5. The molecule has 0 amide bonds. The standard InChI is InChI=1S/C30H56O6Si2/c1-21-23-18-24-26(36-38(9,10)11)13-12-22(29(24,2)3)27(31)28(35-20-33-16-17-37(6,7)8)30(23,4)15-14-25(21)34-19-32-5/h13,22-25,27-28,31H,1,12,14-20H2,2-11H3/t22-,23+,24-,25-,27+,28-,30+/m0/s1. The van der Waals surface area contributed by atoms with Gasteiger partial charge in [-0.15, -0.1) is 0 Å². The van der Waals surface area contributed by atoms with Crippen LogP contribution in [0.25, 0.3) is 0 Å². The van der Waals surface area contributed by atoms with E-state index in [0.717, 1.165) is 43.1 Å². The molecule has 3 aliphatic carbocycles. The van der Waals surface area contributed by atoms with Crippen molar-refractivity contribution in [2.45, 2.75) is 110 Å². The van der Waals surface area contributed by atoms with E-state index in [-0.39, 0.29) is 54.4 Å². The number of aliphatic hydroxyl groups is 1. The third-order valence-electron chi connectivity index (χ3n) is 9.35. The Kier molecular flexibility index (Phi) is 10.3. The maximum atomic E-state index is 12.1. The molecule has 0 aromatic carbocycles. The van der Waals surface area contributed by atoms with Gasteiger partial charge in [0.2, 0.25) is 8.32 Å². The topological polar surface area (TPSA) is 66.4 Å². The van der Waals surface area contributed by atoms with Gasteiger partial charge in [-0.25, -0.2) is 0 Å². The van der Waals surface area contributed by atoms with Gasteiger partial charge in [-0.05, 0) is 80.3 Å². The second-order valence-corrected chi connectivity index (χ2v) is 25.0. The predicted molar refractivity (Wildman–Crippen MR) is 159 cm³/mol. The second-order valence-electron chi connectivity index (χ2n) is 14.9. The lowest BCUT2D eigenvalue weighted by Gasteiger charge is -2.59. The van der Waals surface area contributed by atoms with E-state index in [9.17, 15) is 5.11 Å². The molecule has 2 fully saturated rings. The molecule has 3 rings (SSSR count). The monoisotopic (exact) mass is 568 g/mol. The molecular formula is C30H56O6Si2. The first-order chi connectivity index (χ1) is 17.5. The summed E-state index contributed by atoms with van der Waals surface area (Å²) in [4.78, 5) is 0. The first kappa shape index (κ1) is 32.0. The average molecular weight is 569 g/mol. The molecule has 3 aliphatic rings. The largest absolute Gasteiger partial charge is 0.547 e. The van der Waals surface area contributed by atoms with E-state index in [1.54, 1.807) is 7.11 Å². The fourth-order valence-corrected chi connectivity index (χ4v) is 8.71. The number of aliphatic hydroxyl groups excluding tert-OH is 1. The molecule has 8 heteroatoms. The molecule has 0 heterocycles. The third kappa shape index (κ3) is 7.23. The van der Waals surface area contributed by atoms with Crippen LogP contribution in [-0.4, -0.2) is 67.1 Å². The van der Waals surface area contributed by atoms with E-state index >= 15 is 0 Å². The molecular weight excluding hydrogens is 512 g/mol. The summed E-state index contributed by atoms with van der Waals surface area (Å²) in [5.41, 5.74) is 0.634. The highest BCUT2D eigenvalue weighted by atomic mass is 28.4. The molecule has 0 spiro atoms. The molecule has 0 radical (unpaired) electrons. The van der Waals surface area contributed by atoms with Gasteiger partial charge in [0.25, 0.3) is 0 Å². The number of ether oxygens (including phenoxy) is 4. The van der Waals surface area contributed by atoms with Crippen LogP contribution in [0.5, 0.6) is 0 Å². The van der Waals surface area contributed by atoms with E-state index in [1.807, 2.05) is 0 Å². The quantitative estimate of drug-likeness (QED) is 0.128. The van der Waals surface area contributed by atoms with Crippen LogP contribution in [0.1, 0.15) is 46.5 Å². The van der Waals surface area contributed by atoms with Gasteiger partial charge < -0.3 is 28.5 Å². The Morgan fingerprint density at radius 1 is 1.03 bits per heavy atom. The predicted octanol–water partition coefficient (Wildman–Crippen LogP) is 6.81. The molecule has 0 aromatic rings. The van der Waals surface area contributed by atoms with Crippen LogP contribution in [0.3, 0.4) is 0 Å². The van der Waals surface area contributed by atoms with Gasteiger partial charge >= 0.3 is 0 Å². The Bertz CT molecular complexity index is 845. The maximum absolute atomic E-state index is 12.1. The van der Waals surface area contributed by atoms with Crippen LogP contribution < -0.4 is 0 Å². The Balaban J connectivity index is 1.97. The molecule has 2 saturated carbocycles. The average Bonchev–Trinajstić information content (AvgIpc) is 2.77. The third-order valence-corrected chi connectivity index (χ3v) is 11.9. The number of allylic oxidation sites excluding steroid dienone is 2. The molecule has 0 aliphatic heterocycles. The molecule has 0 saturated heterocycles. The van der Waals surface area contributed by atoms with Crippen molar-refractivity contribution in [2.75, 3.05) is 27.3 Å². The summed E-state index contributed by atoms with van der Waals surface area (Å²) >= 11 is 0. The van der Waals surface area contributed by atoms with Crippen molar-refractivity contribution < 1.29 is 28.5 Å². The number of fused-ring (bicyclic) bond motifs is 3. The lowest BCUT2D eigenvalue weighted by atomic mass is 9.50. The van der Waals surface area contributed by atoms with Gasteiger partial charge in [-0.2, -0.15) is 0 Å². The summed E-state index contributed by atoms with van der Waals surface area (Å²) in [5, 5.41) is 12.1. The van der Waals surface area contributed by atoms with Gasteiger partial charge in [0, 0.05) is 33.1 Å². The summed E-state index contributed by atoms with van der Waals surface area (Å²) in [6.07, 6.45) is 4.66. The molecule has 38 heavy (non-hydrogen) atoms. The molecule has 1 N–H and O–H groups in total. The van der Waals surface area contributed by atoms with Gasteiger partial charge in [0.15, 0.2) is 0 Å². The highest BCUT2D eigenvalue weighted by molar-refractivity contribution is 6.76.